The van der Waals surface area contributed by atoms with Crippen LogP contribution in [0.25, 0.3) is 66.8 Å². The minimum Gasteiger partial charge on any atom is -0.310 e. The van der Waals surface area contributed by atoms with Gasteiger partial charge in [0.1, 0.15) is 0 Å². The minimum absolute atomic E-state index is 0.114. The summed E-state index contributed by atoms with van der Waals surface area (Å²) in [6.45, 7) is 7.14. The summed E-state index contributed by atoms with van der Waals surface area (Å²) in [5.74, 6) is 0. The molecule has 1 atom stereocenters. The first kappa shape index (κ1) is 39.6. The van der Waals surface area contributed by atoms with Gasteiger partial charge in [-0.3, -0.25) is 0 Å². The molecule has 2 aliphatic carbocycles. The molecule has 66 heavy (non-hydrogen) atoms. The Morgan fingerprint density at radius 1 is 0.288 bits per heavy atom. The summed E-state index contributed by atoms with van der Waals surface area (Å²) in [6, 6.07) is 89.5. The lowest BCUT2D eigenvalue weighted by atomic mass is 9.74. The summed E-state index contributed by atoms with van der Waals surface area (Å²) in [5, 5.41) is 0. The summed E-state index contributed by atoms with van der Waals surface area (Å²) in [5.41, 5.74) is 24.8. The highest BCUT2D eigenvalue weighted by atomic mass is 15.1. The average Bonchev–Trinajstić information content (AvgIpc) is 3.79. The molecule has 314 valence electrons. The highest BCUT2D eigenvalue weighted by Crippen LogP contribution is 2.55. The molecule has 0 amide bonds. The zero-order valence-electron chi connectivity index (χ0n) is 37.5. The van der Waals surface area contributed by atoms with E-state index in [1.807, 2.05) is 0 Å². The number of benzene rings is 10. The molecular weight excluding hydrogens is 795 g/mol. The second-order valence-electron chi connectivity index (χ2n) is 18.6. The number of hydrogen-bond donors (Lipinski definition) is 0. The highest BCUT2D eigenvalue weighted by Gasteiger charge is 2.41. The van der Waals surface area contributed by atoms with E-state index in [-0.39, 0.29) is 10.8 Å². The number of hydrogen-bond acceptors (Lipinski definition) is 1. The van der Waals surface area contributed by atoms with E-state index in [2.05, 4.69) is 268 Å². The molecule has 1 nitrogen and oxygen atoms in total. The van der Waals surface area contributed by atoms with Gasteiger partial charge in [0.15, 0.2) is 0 Å². The third kappa shape index (κ3) is 6.22. The van der Waals surface area contributed by atoms with Crippen molar-refractivity contribution in [1.29, 1.82) is 0 Å². The lowest BCUT2D eigenvalue weighted by Crippen LogP contribution is -2.22. The van der Waals surface area contributed by atoms with E-state index < -0.39 is 0 Å². The molecule has 0 aromatic heterocycles. The smallest absolute Gasteiger partial charge is 0.0540 e. The second-order valence-corrected chi connectivity index (χ2v) is 18.6. The van der Waals surface area contributed by atoms with Crippen LogP contribution in [-0.2, 0) is 10.8 Å². The molecule has 10 aromatic carbocycles. The largest absolute Gasteiger partial charge is 0.310 e. The minimum atomic E-state index is -0.253. The van der Waals surface area contributed by atoms with Crippen molar-refractivity contribution in [3.8, 4) is 66.8 Å². The normalized spacial score (nSPS) is 15.1. The van der Waals surface area contributed by atoms with E-state index >= 15 is 0 Å². The molecule has 0 fully saturated rings. The van der Waals surface area contributed by atoms with Gasteiger partial charge < -0.3 is 4.90 Å². The molecule has 2 aliphatic rings. The summed E-state index contributed by atoms with van der Waals surface area (Å²) in [6.07, 6.45) is 0. The SMILES string of the molecule is CC1(C)c2ccccc2-c2cccc(-c3ccccc3-c3ccc(N(c4ccc(-c5ccc6c(c5)C(C)(c5ccccc5)c5ccccc5-6)cc4)c4ccccc4-c4ccccc4)cc3)c21. The average molecular weight is 844 g/mol. The molecule has 0 heterocycles. The van der Waals surface area contributed by atoms with Crippen LogP contribution in [0, 0.1) is 0 Å². The fraction of sp³-hybridized carbons (Fsp3) is 0.0769. The standard InChI is InChI=1S/C65H49N/c1-64(2)59-30-15-12-27-55(59)58-29-18-28-57(63(58)64)53-25-11-10-23-51(53)46-35-40-50(41-36-46)66(62-32-17-14-24-52(62)45-19-6-4-7-20-45)49-38-33-44(34-39-49)47-37-42-56-54-26-13-16-31-60(54)65(3,61(56)43-47)48-21-8-5-9-22-48/h4-43H,1-3H3. The van der Waals surface area contributed by atoms with E-state index in [1.165, 1.54) is 94.6 Å². The number of fused-ring (bicyclic) bond motifs is 6. The Kier molecular flexibility index (Phi) is 9.36. The maximum absolute atomic E-state index is 2.43. The molecule has 0 saturated carbocycles. The van der Waals surface area contributed by atoms with E-state index in [4.69, 9.17) is 0 Å². The van der Waals surface area contributed by atoms with Gasteiger partial charge in [0, 0.05) is 27.8 Å². The zero-order valence-corrected chi connectivity index (χ0v) is 37.5. The van der Waals surface area contributed by atoms with Crippen molar-refractivity contribution in [3.05, 3.63) is 270 Å². The maximum atomic E-state index is 2.43. The lowest BCUT2D eigenvalue weighted by Gasteiger charge is -2.29. The van der Waals surface area contributed by atoms with Gasteiger partial charge in [-0.25, -0.2) is 0 Å². The summed E-state index contributed by atoms with van der Waals surface area (Å²) in [4.78, 5) is 2.41. The maximum Gasteiger partial charge on any atom is 0.0540 e. The van der Waals surface area contributed by atoms with Crippen LogP contribution in [0.2, 0.25) is 0 Å². The molecule has 0 bridgehead atoms. The van der Waals surface area contributed by atoms with Crippen LogP contribution in [0.5, 0.6) is 0 Å². The van der Waals surface area contributed by atoms with Crippen molar-refractivity contribution in [2.24, 2.45) is 0 Å². The van der Waals surface area contributed by atoms with Gasteiger partial charge in [-0.1, -0.05) is 220 Å². The molecule has 10 aromatic rings. The number of para-hydroxylation sites is 1. The van der Waals surface area contributed by atoms with Gasteiger partial charge in [0.05, 0.1) is 5.69 Å². The number of nitrogens with zero attached hydrogens (tertiary/aromatic N) is 1. The third-order valence-corrected chi connectivity index (χ3v) is 14.6. The van der Waals surface area contributed by atoms with Crippen molar-refractivity contribution in [2.45, 2.75) is 31.6 Å². The van der Waals surface area contributed by atoms with Gasteiger partial charge >= 0.3 is 0 Å². The van der Waals surface area contributed by atoms with Crippen molar-refractivity contribution < 1.29 is 0 Å². The fourth-order valence-electron chi connectivity index (χ4n) is 11.3. The van der Waals surface area contributed by atoms with Crippen molar-refractivity contribution in [2.75, 3.05) is 4.90 Å². The van der Waals surface area contributed by atoms with Crippen molar-refractivity contribution in [1.82, 2.24) is 0 Å². The van der Waals surface area contributed by atoms with Crippen LogP contribution in [0.15, 0.2) is 243 Å². The summed E-state index contributed by atoms with van der Waals surface area (Å²) >= 11 is 0. The van der Waals surface area contributed by atoms with Crippen molar-refractivity contribution in [3.63, 3.8) is 0 Å². The van der Waals surface area contributed by atoms with Crippen LogP contribution >= 0.6 is 0 Å². The number of rotatable bonds is 8. The van der Waals surface area contributed by atoms with Crippen LogP contribution in [-0.4, -0.2) is 0 Å². The highest BCUT2D eigenvalue weighted by molar-refractivity contribution is 5.94. The van der Waals surface area contributed by atoms with Crippen molar-refractivity contribution >= 4 is 17.1 Å². The molecule has 0 N–H and O–H groups in total. The Labute approximate surface area is 389 Å². The van der Waals surface area contributed by atoms with E-state index in [9.17, 15) is 0 Å². The fourth-order valence-corrected chi connectivity index (χ4v) is 11.3. The quantitative estimate of drug-likeness (QED) is 0.147. The number of anilines is 3. The van der Waals surface area contributed by atoms with Crippen LogP contribution in [0.4, 0.5) is 17.1 Å². The zero-order chi connectivity index (χ0) is 44.4. The first-order chi connectivity index (χ1) is 32.4. The molecule has 1 heteroatoms. The lowest BCUT2D eigenvalue weighted by molar-refractivity contribution is 0.662. The van der Waals surface area contributed by atoms with Gasteiger partial charge in [-0.15, -0.1) is 0 Å². The molecule has 0 aliphatic heterocycles. The van der Waals surface area contributed by atoms with E-state index in [1.54, 1.807) is 0 Å². The van der Waals surface area contributed by atoms with Gasteiger partial charge in [-0.2, -0.15) is 0 Å². The molecule has 12 rings (SSSR count). The Hall–Kier alpha value is -8.00. The van der Waals surface area contributed by atoms with Gasteiger partial charge in [-0.05, 0) is 132 Å². The van der Waals surface area contributed by atoms with E-state index in [0.717, 1.165) is 17.1 Å². The Morgan fingerprint density at radius 3 is 1.42 bits per heavy atom. The summed E-state index contributed by atoms with van der Waals surface area (Å²) in [7, 11) is 0. The van der Waals surface area contributed by atoms with Crippen LogP contribution < -0.4 is 4.90 Å². The first-order valence-corrected chi connectivity index (χ1v) is 23.2. The Bertz CT molecular complexity index is 3430. The first-order valence-electron chi connectivity index (χ1n) is 23.2. The molecule has 0 spiro atoms. The third-order valence-electron chi connectivity index (χ3n) is 14.6. The van der Waals surface area contributed by atoms with Crippen LogP contribution in [0.3, 0.4) is 0 Å². The summed E-state index contributed by atoms with van der Waals surface area (Å²) < 4.78 is 0. The second kappa shape index (κ2) is 15.6. The topological polar surface area (TPSA) is 3.24 Å². The molecule has 1 unspecified atom stereocenters. The Morgan fingerprint density at radius 2 is 0.742 bits per heavy atom. The molecular formula is C65H49N. The predicted molar refractivity (Wildman–Crippen MR) is 278 cm³/mol. The van der Waals surface area contributed by atoms with Gasteiger partial charge in [0.2, 0.25) is 0 Å². The molecule has 0 saturated heterocycles. The Balaban J connectivity index is 0.944. The monoisotopic (exact) mass is 843 g/mol. The predicted octanol–water partition coefficient (Wildman–Crippen LogP) is 17.5. The van der Waals surface area contributed by atoms with Gasteiger partial charge in [0.25, 0.3) is 0 Å². The molecule has 0 radical (unpaired) electrons. The van der Waals surface area contributed by atoms with E-state index in [0.29, 0.717) is 0 Å². The van der Waals surface area contributed by atoms with Crippen LogP contribution in [0.1, 0.15) is 48.6 Å².